The Labute approximate surface area is 121 Å². The monoisotopic (exact) mass is 300 g/mol. The van der Waals surface area contributed by atoms with E-state index in [2.05, 4.69) is 0 Å². The predicted octanol–water partition coefficient (Wildman–Crippen LogP) is -0.791. The van der Waals surface area contributed by atoms with Gasteiger partial charge >= 0.3 is 5.97 Å². The highest BCUT2D eigenvalue weighted by Gasteiger charge is 2.17. The van der Waals surface area contributed by atoms with Crippen LogP contribution in [-0.4, -0.2) is 58.1 Å². The average molecular weight is 300 g/mol. The van der Waals surface area contributed by atoms with Crippen LogP contribution in [0.5, 0.6) is 5.75 Å². The van der Waals surface area contributed by atoms with Gasteiger partial charge in [0.25, 0.3) is 0 Å². The summed E-state index contributed by atoms with van der Waals surface area (Å²) in [5, 5.41) is 28.1. The minimum Gasteiger partial charge on any atom is -0.503 e. The molecule has 1 aromatic heterocycles. The van der Waals surface area contributed by atoms with Gasteiger partial charge in [-0.25, -0.2) is 0 Å². The van der Waals surface area contributed by atoms with E-state index in [0.29, 0.717) is 18.8 Å². The number of aliphatic carboxylic acids is 1. The standard InChI is InChI=1S/C13H20N2O6/c1-14(7-12(18)19)6-10-13(20)11(17)5-9(8-16)15(10)3-4-21-2/h5,16,20H,3-4,6-8H2,1-2H3,(H,18,19). The van der Waals surface area contributed by atoms with Gasteiger partial charge in [-0.15, -0.1) is 0 Å². The van der Waals surface area contributed by atoms with Crippen LogP contribution in [0.3, 0.4) is 0 Å². The van der Waals surface area contributed by atoms with E-state index < -0.39 is 17.1 Å². The highest BCUT2D eigenvalue weighted by molar-refractivity contribution is 5.69. The number of aromatic nitrogens is 1. The molecule has 0 aliphatic heterocycles. The Morgan fingerprint density at radius 1 is 1.48 bits per heavy atom. The van der Waals surface area contributed by atoms with Crippen LogP contribution in [0, 0.1) is 0 Å². The van der Waals surface area contributed by atoms with Crippen LogP contribution in [0.1, 0.15) is 11.4 Å². The van der Waals surface area contributed by atoms with Gasteiger partial charge in [0.1, 0.15) is 0 Å². The van der Waals surface area contributed by atoms with Gasteiger partial charge in [0.2, 0.25) is 5.43 Å². The summed E-state index contributed by atoms with van der Waals surface area (Å²) < 4.78 is 6.54. The smallest absolute Gasteiger partial charge is 0.317 e. The molecule has 0 radical (unpaired) electrons. The third-order valence-electron chi connectivity index (χ3n) is 2.98. The van der Waals surface area contributed by atoms with Crippen LogP contribution in [0.4, 0.5) is 0 Å². The fraction of sp³-hybridized carbons (Fsp3) is 0.538. The number of nitrogens with zero attached hydrogens (tertiary/aromatic N) is 2. The van der Waals surface area contributed by atoms with E-state index in [1.54, 1.807) is 11.6 Å². The summed E-state index contributed by atoms with van der Waals surface area (Å²) in [4.78, 5) is 23.9. The maximum Gasteiger partial charge on any atom is 0.317 e. The lowest BCUT2D eigenvalue weighted by Gasteiger charge is -2.22. The lowest BCUT2D eigenvalue weighted by atomic mass is 10.2. The van der Waals surface area contributed by atoms with Gasteiger partial charge in [-0.05, 0) is 7.05 Å². The Hall–Kier alpha value is -1.90. The van der Waals surface area contributed by atoms with Crippen LogP contribution in [-0.2, 0) is 29.2 Å². The summed E-state index contributed by atoms with van der Waals surface area (Å²) in [7, 11) is 3.07. The first kappa shape index (κ1) is 17.2. The number of aromatic hydroxyl groups is 1. The van der Waals surface area contributed by atoms with E-state index in [-0.39, 0.29) is 25.4 Å². The van der Waals surface area contributed by atoms with Crippen LogP contribution in [0.25, 0.3) is 0 Å². The number of aliphatic hydroxyl groups is 1. The maximum absolute atomic E-state index is 11.7. The van der Waals surface area contributed by atoms with Crippen molar-refractivity contribution in [3.05, 3.63) is 27.7 Å². The molecule has 0 aliphatic rings. The first-order valence-corrected chi connectivity index (χ1v) is 6.35. The lowest BCUT2D eigenvalue weighted by molar-refractivity contribution is -0.138. The number of carboxylic acid groups (broad SMARTS) is 1. The van der Waals surface area contributed by atoms with Gasteiger partial charge in [-0.1, -0.05) is 0 Å². The van der Waals surface area contributed by atoms with Gasteiger partial charge in [0.05, 0.1) is 25.5 Å². The third-order valence-corrected chi connectivity index (χ3v) is 2.98. The van der Waals surface area contributed by atoms with Crippen molar-refractivity contribution in [2.75, 3.05) is 27.3 Å². The molecule has 0 aliphatic carbocycles. The highest BCUT2D eigenvalue weighted by atomic mass is 16.5. The fourth-order valence-electron chi connectivity index (χ4n) is 2.04. The van der Waals surface area contributed by atoms with Crippen molar-refractivity contribution in [3.8, 4) is 5.75 Å². The molecule has 1 heterocycles. The van der Waals surface area contributed by atoms with E-state index in [0.717, 1.165) is 6.07 Å². The molecule has 0 spiro atoms. The number of ether oxygens (including phenoxy) is 1. The van der Waals surface area contributed by atoms with E-state index >= 15 is 0 Å². The number of likely N-dealkylation sites (N-methyl/N-ethyl adjacent to an activating group) is 1. The van der Waals surface area contributed by atoms with Crippen molar-refractivity contribution in [1.82, 2.24) is 9.47 Å². The Kier molecular flexibility index (Phi) is 6.35. The summed E-state index contributed by atoms with van der Waals surface area (Å²) in [6, 6.07) is 1.16. The molecule has 8 nitrogen and oxygen atoms in total. The minimum absolute atomic E-state index is 0.0604. The van der Waals surface area contributed by atoms with Crippen molar-refractivity contribution in [3.63, 3.8) is 0 Å². The number of rotatable bonds is 8. The zero-order valence-electron chi connectivity index (χ0n) is 12.1. The van der Waals surface area contributed by atoms with Gasteiger partial charge in [-0.3, -0.25) is 14.5 Å². The molecule has 0 bridgehead atoms. The second-order valence-corrected chi connectivity index (χ2v) is 4.66. The van der Waals surface area contributed by atoms with E-state index in [1.807, 2.05) is 0 Å². The molecule has 0 fully saturated rings. The molecule has 0 amide bonds. The number of aliphatic hydroxyl groups excluding tert-OH is 1. The first-order valence-electron chi connectivity index (χ1n) is 6.35. The molecule has 0 saturated carbocycles. The topological polar surface area (TPSA) is 112 Å². The Balaban J connectivity index is 3.21. The highest BCUT2D eigenvalue weighted by Crippen LogP contribution is 2.17. The minimum atomic E-state index is -1.01. The van der Waals surface area contributed by atoms with E-state index in [4.69, 9.17) is 9.84 Å². The van der Waals surface area contributed by atoms with Gasteiger partial charge in [0, 0.05) is 32.0 Å². The molecule has 0 aromatic carbocycles. The predicted molar refractivity (Wildman–Crippen MR) is 74.1 cm³/mol. The molecular formula is C13H20N2O6. The molecule has 0 atom stereocenters. The summed E-state index contributed by atoms with van der Waals surface area (Å²) >= 11 is 0. The molecule has 8 heteroatoms. The quantitative estimate of drug-likeness (QED) is 0.576. The Morgan fingerprint density at radius 2 is 2.14 bits per heavy atom. The molecule has 3 N–H and O–H groups in total. The fourth-order valence-corrected chi connectivity index (χ4v) is 2.04. The van der Waals surface area contributed by atoms with Gasteiger partial charge < -0.3 is 24.6 Å². The number of hydrogen-bond donors (Lipinski definition) is 3. The van der Waals surface area contributed by atoms with Crippen LogP contribution >= 0.6 is 0 Å². The number of hydrogen-bond acceptors (Lipinski definition) is 6. The molecule has 1 aromatic rings. The summed E-state index contributed by atoms with van der Waals surface area (Å²) in [5.41, 5.74) is -0.00707. The molecule has 118 valence electrons. The van der Waals surface area contributed by atoms with Crippen molar-refractivity contribution < 1.29 is 24.9 Å². The molecule has 21 heavy (non-hydrogen) atoms. The van der Waals surface area contributed by atoms with Gasteiger partial charge in [0.15, 0.2) is 5.75 Å². The molecule has 0 unspecified atom stereocenters. The van der Waals surface area contributed by atoms with Crippen molar-refractivity contribution in [2.45, 2.75) is 19.7 Å². The maximum atomic E-state index is 11.7. The average Bonchev–Trinajstić information content (AvgIpc) is 2.41. The lowest BCUT2D eigenvalue weighted by Crippen LogP contribution is -2.29. The number of methoxy groups -OCH3 is 1. The number of pyridine rings is 1. The SMILES string of the molecule is COCCn1c(CO)cc(=O)c(O)c1CN(C)CC(=O)O. The summed E-state index contributed by atoms with van der Waals surface area (Å²) in [6.45, 7) is 0.114. The van der Waals surface area contributed by atoms with E-state index in [1.165, 1.54) is 12.0 Å². The molecule has 1 rings (SSSR count). The second kappa shape index (κ2) is 7.77. The van der Waals surface area contributed by atoms with Crippen molar-refractivity contribution >= 4 is 5.97 Å². The number of carboxylic acids is 1. The Morgan fingerprint density at radius 3 is 2.67 bits per heavy atom. The zero-order chi connectivity index (χ0) is 16.0. The summed E-state index contributed by atoms with van der Waals surface area (Å²) in [6.07, 6.45) is 0. The van der Waals surface area contributed by atoms with Gasteiger partial charge in [-0.2, -0.15) is 0 Å². The Bertz CT molecular complexity index is 554. The third kappa shape index (κ3) is 4.55. The second-order valence-electron chi connectivity index (χ2n) is 4.66. The largest absolute Gasteiger partial charge is 0.503 e. The normalized spacial score (nSPS) is 11.0. The molecule has 0 saturated heterocycles. The van der Waals surface area contributed by atoms with Crippen LogP contribution < -0.4 is 5.43 Å². The zero-order valence-corrected chi connectivity index (χ0v) is 12.1. The van der Waals surface area contributed by atoms with E-state index in [9.17, 15) is 19.8 Å². The van der Waals surface area contributed by atoms with Crippen molar-refractivity contribution in [2.24, 2.45) is 0 Å². The molecular weight excluding hydrogens is 280 g/mol. The summed E-state index contributed by atoms with van der Waals surface area (Å²) in [5.74, 6) is -1.46. The van der Waals surface area contributed by atoms with Crippen LogP contribution in [0.15, 0.2) is 10.9 Å². The number of carbonyl (C=O) groups is 1. The first-order chi connectivity index (χ1) is 9.90. The van der Waals surface area contributed by atoms with Crippen LogP contribution in [0.2, 0.25) is 0 Å². The van der Waals surface area contributed by atoms with Crippen molar-refractivity contribution in [1.29, 1.82) is 0 Å².